The van der Waals surface area contributed by atoms with E-state index in [1.165, 1.54) is 17.2 Å². The Balaban J connectivity index is 0.000000922. The first-order valence-electron chi connectivity index (χ1n) is 6.60. The predicted molar refractivity (Wildman–Crippen MR) is 89.8 cm³/mol. The fraction of sp³-hybridized carbons (Fsp3) is 0.167. The van der Waals surface area contributed by atoms with E-state index in [2.05, 4.69) is 30.6 Å². The summed E-state index contributed by atoms with van der Waals surface area (Å²) in [6.07, 6.45) is 4.95. The maximum absolute atomic E-state index is 7.40. The molecule has 2 aromatic carbocycles. The van der Waals surface area contributed by atoms with Crippen molar-refractivity contribution in [3.05, 3.63) is 78.2 Å². The Labute approximate surface area is 170 Å². The summed E-state index contributed by atoms with van der Waals surface area (Å²) in [6.45, 7) is 10.3. The summed E-state index contributed by atoms with van der Waals surface area (Å²) in [4.78, 5) is 0. The topological polar surface area (TPSA) is 38.0 Å². The Morgan fingerprint density at radius 2 is 1.71 bits per heavy atom. The molecule has 104 valence electrons. The summed E-state index contributed by atoms with van der Waals surface area (Å²) in [5.74, 6) is 0. The van der Waals surface area contributed by atoms with Crippen LogP contribution >= 0.6 is 0 Å². The maximum atomic E-state index is 7.40. The fourth-order valence-corrected chi connectivity index (χ4v) is 1.92. The number of rotatable bonds is 5. The van der Waals surface area contributed by atoms with E-state index in [1.54, 1.807) is 12.2 Å². The van der Waals surface area contributed by atoms with Gasteiger partial charge in [-0.3, -0.25) is 0 Å². The summed E-state index contributed by atoms with van der Waals surface area (Å²) in [5, 5.41) is 14.1. The van der Waals surface area contributed by atoms with Crippen LogP contribution in [0.2, 0.25) is 0 Å². The number of fused-ring (bicyclic) bond motifs is 1. The van der Waals surface area contributed by atoms with Crippen LogP contribution in [0.25, 0.3) is 16.1 Å². The minimum Gasteiger partial charge on any atom is -0.655 e. The normalized spacial score (nSPS) is 9.00. The second-order valence-corrected chi connectivity index (χ2v) is 4.27. The third-order valence-electron chi connectivity index (χ3n) is 2.74. The molecule has 0 spiro atoms. The molecule has 0 amide bonds. The summed E-state index contributed by atoms with van der Waals surface area (Å²) in [5.41, 5.74) is 2.15. The van der Waals surface area contributed by atoms with E-state index in [4.69, 9.17) is 5.41 Å². The quantitative estimate of drug-likeness (QED) is 0.380. The van der Waals surface area contributed by atoms with Gasteiger partial charge in [-0.15, -0.1) is 32.3 Å². The van der Waals surface area contributed by atoms with Crippen LogP contribution < -0.4 is 51.4 Å². The van der Waals surface area contributed by atoms with Crippen molar-refractivity contribution in [1.29, 1.82) is 5.41 Å². The van der Waals surface area contributed by atoms with Crippen LogP contribution in [-0.2, 0) is 6.54 Å². The number of hydrogen-bond donors (Lipinski definition) is 1. The Kier molecular flexibility index (Phi) is 11.7. The second kappa shape index (κ2) is 12.0. The van der Waals surface area contributed by atoms with Crippen molar-refractivity contribution in [2.45, 2.75) is 13.5 Å². The molecule has 1 N–H and O–H groups in total. The van der Waals surface area contributed by atoms with Gasteiger partial charge in [0.25, 0.3) is 0 Å². The molecule has 0 bridgehead atoms. The van der Waals surface area contributed by atoms with Gasteiger partial charge in [0.1, 0.15) is 0 Å². The zero-order valence-electron chi connectivity index (χ0n) is 13.0. The summed E-state index contributed by atoms with van der Waals surface area (Å²) in [6, 6.07) is 12.2. The van der Waals surface area contributed by atoms with Gasteiger partial charge < -0.3 is 10.7 Å². The van der Waals surface area contributed by atoms with Crippen molar-refractivity contribution in [2.75, 3.05) is 6.54 Å². The summed E-state index contributed by atoms with van der Waals surface area (Å²) >= 11 is 0. The molecule has 0 saturated heterocycles. The van der Waals surface area contributed by atoms with Crippen molar-refractivity contribution in [1.82, 2.24) is 0 Å². The van der Waals surface area contributed by atoms with E-state index < -0.39 is 0 Å². The van der Waals surface area contributed by atoms with Gasteiger partial charge in [0.05, 0.1) is 0 Å². The van der Waals surface area contributed by atoms with E-state index >= 15 is 0 Å². The smallest absolute Gasteiger partial charge is 0.655 e. The number of nitrogens with zero attached hydrogens (tertiary/aromatic N) is 1. The number of hydrogen-bond acceptors (Lipinski definition) is 1. The number of nitrogens with one attached hydrogen (secondary N) is 1. The van der Waals surface area contributed by atoms with Gasteiger partial charge in [-0.05, 0) is 23.3 Å². The molecule has 0 aromatic heterocycles. The van der Waals surface area contributed by atoms with Crippen molar-refractivity contribution in [3.8, 4) is 0 Å². The molecule has 2 rings (SSSR count). The first kappa shape index (κ1) is 20.4. The molecular weight excluding hydrogens is 283 g/mol. The molecule has 2 aromatic rings. The van der Waals surface area contributed by atoms with Crippen molar-refractivity contribution >= 4 is 17.0 Å². The van der Waals surface area contributed by atoms with Crippen molar-refractivity contribution in [3.63, 3.8) is 0 Å². The average molecular weight is 304 g/mol. The summed E-state index contributed by atoms with van der Waals surface area (Å²) in [7, 11) is 0. The van der Waals surface area contributed by atoms with Crippen LogP contribution in [0.1, 0.15) is 18.1 Å². The van der Waals surface area contributed by atoms with E-state index in [-0.39, 0.29) is 51.4 Å². The van der Waals surface area contributed by atoms with E-state index in [0.29, 0.717) is 13.1 Å². The van der Waals surface area contributed by atoms with Gasteiger partial charge in [0.15, 0.2) is 0 Å². The van der Waals surface area contributed by atoms with Crippen LogP contribution in [0, 0.1) is 5.41 Å². The third-order valence-corrected chi connectivity index (χ3v) is 2.74. The molecule has 0 atom stereocenters. The zero-order valence-corrected chi connectivity index (χ0v) is 16.1. The van der Waals surface area contributed by atoms with Crippen LogP contribution in [0.4, 0.5) is 0 Å². The molecule has 3 heteroatoms. The second-order valence-electron chi connectivity index (χ2n) is 4.27. The first-order valence-corrected chi connectivity index (χ1v) is 6.60. The molecule has 0 heterocycles. The van der Waals surface area contributed by atoms with Crippen LogP contribution in [0.3, 0.4) is 0 Å². The van der Waals surface area contributed by atoms with Gasteiger partial charge in [-0.1, -0.05) is 48.0 Å². The molecular formula is C18H21KN2. The maximum Gasteiger partial charge on any atom is 1.00 e. The number of allylic oxidation sites excluding steroid dienone is 1. The zero-order chi connectivity index (χ0) is 14.8. The van der Waals surface area contributed by atoms with Gasteiger partial charge in [-0.25, -0.2) is 0 Å². The fourth-order valence-electron chi connectivity index (χ4n) is 1.92. The van der Waals surface area contributed by atoms with Crippen molar-refractivity contribution in [2.24, 2.45) is 0 Å². The van der Waals surface area contributed by atoms with E-state index in [9.17, 15) is 0 Å². The van der Waals surface area contributed by atoms with Gasteiger partial charge in [0, 0.05) is 6.21 Å². The SMILES string of the molecule is C=CC.C=CC[N-]Cc1ccc(C=N)c2ccccc12.[K+]. The first-order chi connectivity index (χ1) is 9.78. The molecule has 0 aliphatic rings. The average Bonchev–Trinajstić information content (AvgIpc) is 2.48. The van der Waals surface area contributed by atoms with Crippen molar-refractivity contribution < 1.29 is 51.4 Å². The monoisotopic (exact) mass is 304 g/mol. The van der Waals surface area contributed by atoms with Crippen LogP contribution in [0.5, 0.6) is 0 Å². The molecule has 0 unspecified atom stereocenters. The van der Waals surface area contributed by atoms with Gasteiger partial charge in [-0.2, -0.15) is 0 Å². The minimum absolute atomic E-state index is 0. The van der Waals surface area contributed by atoms with Crippen LogP contribution in [0.15, 0.2) is 61.7 Å². The molecule has 0 aliphatic heterocycles. The van der Waals surface area contributed by atoms with E-state index in [1.807, 2.05) is 31.2 Å². The Morgan fingerprint density at radius 1 is 1.10 bits per heavy atom. The summed E-state index contributed by atoms with van der Waals surface area (Å²) < 4.78 is 0. The molecule has 0 aliphatic carbocycles. The number of benzene rings is 2. The van der Waals surface area contributed by atoms with Gasteiger partial charge >= 0.3 is 51.4 Å². The Morgan fingerprint density at radius 3 is 2.29 bits per heavy atom. The van der Waals surface area contributed by atoms with Gasteiger partial charge in [0.2, 0.25) is 0 Å². The minimum atomic E-state index is 0. The Hall–Kier alpha value is -0.554. The molecule has 0 saturated carbocycles. The van der Waals surface area contributed by atoms with E-state index in [0.717, 1.165) is 10.9 Å². The molecule has 0 radical (unpaired) electrons. The predicted octanol–water partition coefficient (Wildman–Crippen LogP) is 2.09. The molecule has 21 heavy (non-hydrogen) atoms. The third kappa shape index (κ3) is 6.39. The molecule has 0 fully saturated rings. The van der Waals surface area contributed by atoms with Crippen LogP contribution in [-0.4, -0.2) is 12.8 Å². The standard InChI is InChI=1S/C15H15N2.C3H6.K/c1-2-9-17-11-13-8-7-12(10-16)14-5-3-4-6-15(13)14;1-3-2;/h2-8,10,16H,1,9,11H2;3H,1H2,2H3;/q-1;;+1. The Bertz CT molecular complexity index is 591. The largest absolute Gasteiger partial charge is 1.00 e. The molecule has 2 nitrogen and oxygen atoms in total.